The summed E-state index contributed by atoms with van der Waals surface area (Å²) in [6.45, 7) is 3.13. The molecule has 0 N–H and O–H groups in total. The molecule has 0 bridgehead atoms. The van der Waals surface area contributed by atoms with Gasteiger partial charge in [0.2, 0.25) is 0 Å². The van der Waals surface area contributed by atoms with Gasteiger partial charge in [0.25, 0.3) is 0 Å². The molecule has 3 rings (SSSR count). The van der Waals surface area contributed by atoms with Gasteiger partial charge in [0, 0.05) is 22.4 Å². The molecule has 0 amide bonds. The number of benzene rings is 1. The molecule has 24 heavy (non-hydrogen) atoms. The first-order chi connectivity index (χ1) is 11.7. The Morgan fingerprint density at radius 3 is 2.92 bits per heavy atom. The highest BCUT2D eigenvalue weighted by Gasteiger charge is 2.23. The maximum atomic E-state index is 12.4. The maximum Gasteiger partial charge on any atom is 0.167 e. The summed E-state index contributed by atoms with van der Waals surface area (Å²) in [5.74, 6) is 0.727. The third kappa shape index (κ3) is 3.89. The molecular formula is C17H16N2O3S2. The first-order valence-corrected chi connectivity index (χ1v) is 9.40. The Bertz CT molecular complexity index is 782. The molecule has 0 unspecified atom stereocenters. The van der Waals surface area contributed by atoms with Crippen molar-refractivity contribution in [2.45, 2.75) is 24.2 Å². The number of hydrogen-bond donors (Lipinski definition) is 0. The Balaban J connectivity index is 1.65. The zero-order valence-electron chi connectivity index (χ0n) is 13.2. The van der Waals surface area contributed by atoms with E-state index in [1.54, 1.807) is 0 Å². The van der Waals surface area contributed by atoms with E-state index in [1.165, 1.54) is 23.1 Å². The summed E-state index contributed by atoms with van der Waals surface area (Å²) >= 11 is 2.75. The van der Waals surface area contributed by atoms with Gasteiger partial charge in [0.05, 0.1) is 25.0 Å². The second-order valence-electron chi connectivity index (χ2n) is 5.30. The third-order valence-corrected chi connectivity index (χ3v) is 5.48. The summed E-state index contributed by atoms with van der Waals surface area (Å²) in [4.78, 5) is 17.5. The smallest absolute Gasteiger partial charge is 0.167 e. The van der Waals surface area contributed by atoms with Crippen molar-refractivity contribution in [3.05, 3.63) is 34.3 Å². The van der Waals surface area contributed by atoms with E-state index in [0.29, 0.717) is 24.0 Å². The monoisotopic (exact) mass is 360 g/mol. The average Bonchev–Trinajstić information content (AvgIpc) is 2.87. The fraction of sp³-hybridized carbons (Fsp3) is 0.353. The summed E-state index contributed by atoms with van der Waals surface area (Å²) < 4.78 is 11.2. The molecule has 2 aromatic rings. The molecule has 0 aliphatic carbocycles. The number of rotatable bonds is 5. The van der Waals surface area contributed by atoms with Crippen LogP contribution in [-0.2, 0) is 4.79 Å². The molecule has 0 spiro atoms. The molecule has 2 heterocycles. The van der Waals surface area contributed by atoms with Crippen LogP contribution in [0.15, 0.2) is 28.5 Å². The van der Waals surface area contributed by atoms with Crippen LogP contribution in [0, 0.1) is 18.3 Å². The van der Waals surface area contributed by atoms with Gasteiger partial charge in [-0.15, -0.1) is 23.1 Å². The minimum absolute atomic E-state index is 0.135. The molecule has 1 aromatic carbocycles. The topological polar surface area (TPSA) is 72.2 Å². The van der Waals surface area contributed by atoms with Crippen LogP contribution in [0.4, 0.5) is 0 Å². The van der Waals surface area contributed by atoms with Crippen molar-refractivity contribution < 1.29 is 14.3 Å². The lowest BCUT2D eigenvalue weighted by Crippen LogP contribution is -2.13. The first kappa shape index (κ1) is 16.8. The van der Waals surface area contributed by atoms with E-state index in [2.05, 4.69) is 11.1 Å². The molecule has 1 aliphatic heterocycles. The molecule has 0 saturated heterocycles. The number of thiazole rings is 1. The minimum atomic E-state index is -0.795. The number of carbonyl (C=O) groups excluding carboxylic acids is 1. The van der Waals surface area contributed by atoms with Crippen LogP contribution in [0.1, 0.15) is 23.0 Å². The lowest BCUT2D eigenvalue weighted by Gasteiger charge is -2.09. The Labute approximate surface area is 148 Å². The van der Waals surface area contributed by atoms with Crippen molar-refractivity contribution in [1.29, 1.82) is 5.26 Å². The van der Waals surface area contributed by atoms with E-state index in [1.807, 2.05) is 30.5 Å². The summed E-state index contributed by atoms with van der Waals surface area (Å²) in [6.07, 6.45) is 0.854. The number of hydrogen-bond acceptors (Lipinski definition) is 7. The van der Waals surface area contributed by atoms with Gasteiger partial charge < -0.3 is 9.47 Å². The standard InChI is InChI=1S/C17H16N2O3S2/c1-11-9-24-17(19-11)13(8-18)14(20)10-23-12-3-4-15-16(7-12)22-6-2-5-21-15/h3-4,7,9,13H,2,5-6,10H2,1H3/t13-/m0/s1. The van der Waals surface area contributed by atoms with E-state index >= 15 is 0 Å². The first-order valence-electron chi connectivity index (χ1n) is 7.54. The van der Waals surface area contributed by atoms with E-state index in [-0.39, 0.29) is 11.5 Å². The van der Waals surface area contributed by atoms with Crippen LogP contribution in [0.5, 0.6) is 11.5 Å². The van der Waals surface area contributed by atoms with Crippen molar-refractivity contribution in [3.63, 3.8) is 0 Å². The summed E-state index contributed by atoms with van der Waals surface area (Å²) in [7, 11) is 0. The van der Waals surface area contributed by atoms with Crippen molar-refractivity contribution in [2.24, 2.45) is 0 Å². The second-order valence-corrected chi connectivity index (χ2v) is 7.24. The number of ether oxygens (including phenoxy) is 2. The fourth-order valence-corrected chi connectivity index (χ4v) is 3.93. The van der Waals surface area contributed by atoms with E-state index < -0.39 is 5.92 Å². The highest BCUT2D eigenvalue weighted by Crippen LogP contribution is 2.34. The average molecular weight is 360 g/mol. The van der Waals surface area contributed by atoms with Crippen LogP contribution >= 0.6 is 23.1 Å². The molecule has 0 fully saturated rings. The number of fused-ring (bicyclic) bond motifs is 1. The van der Waals surface area contributed by atoms with Gasteiger partial charge in [0.1, 0.15) is 5.01 Å². The predicted octanol–water partition coefficient (Wildman–Crippen LogP) is 3.58. The number of ketones is 1. The quantitative estimate of drug-likeness (QED) is 0.759. The number of Topliss-reactive ketones (excluding diaryl/α,β-unsaturated/α-hetero) is 1. The largest absolute Gasteiger partial charge is 0.490 e. The molecule has 0 radical (unpaired) electrons. The Morgan fingerprint density at radius 2 is 2.21 bits per heavy atom. The van der Waals surface area contributed by atoms with Crippen LogP contribution < -0.4 is 9.47 Å². The number of carbonyl (C=O) groups is 1. The fourth-order valence-electron chi connectivity index (χ4n) is 2.24. The number of nitriles is 1. The summed E-state index contributed by atoms with van der Waals surface area (Å²) in [6, 6.07) is 7.71. The van der Waals surface area contributed by atoms with Crippen LogP contribution in [-0.4, -0.2) is 29.7 Å². The molecule has 7 heteroatoms. The van der Waals surface area contributed by atoms with E-state index in [0.717, 1.165) is 22.8 Å². The molecule has 1 atom stereocenters. The van der Waals surface area contributed by atoms with Gasteiger partial charge in [-0.2, -0.15) is 5.26 Å². The van der Waals surface area contributed by atoms with Crippen molar-refractivity contribution in [2.75, 3.05) is 19.0 Å². The summed E-state index contributed by atoms with van der Waals surface area (Å²) in [5.41, 5.74) is 0.832. The maximum absolute atomic E-state index is 12.4. The normalized spacial score (nSPS) is 14.5. The van der Waals surface area contributed by atoms with Gasteiger partial charge in [-0.3, -0.25) is 4.79 Å². The van der Waals surface area contributed by atoms with E-state index in [4.69, 9.17) is 9.47 Å². The van der Waals surface area contributed by atoms with Crippen LogP contribution in [0.25, 0.3) is 0 Å². The Hall–Kier alpha value is -2.04. The molecular weight excluding hydrogens is 344 g/mol. The number of nitrogens with zero attached hydrogens (tertiary/aromatic N) is 2. The summed E-state index contributed by atoms with van der Waals surface area (Å²) in [5, 5.41) is 11.7. The number of aromatic nitrogens is 1. The zero-order chi connectivity index (χ0) is 16.9. The van der Waals surface area contributed by atoms with Gasteiger partial charge >= 0.3 is 0 Å². The molecule has 1 aromatic heterocycles. The van der Waals surface area contributed by atoms with Crippen LogP contribution in [0.3, 0.4) is 0 Å². The zero-order valence-corrected chi connectivity index (χ0v) is 14.8. The highest BCUT2D eigenvalue weighted by molar-refractivity contribution is 8.00. The highest BCUT2D eigenvalue weighted by atomic mass is 32.2. The lowest BCUT2D eigenvalue weighted by atomic mass is 10.1. The molecule has 5 nitrogen and oxygen atoms in total. The minimum Gasteiger partial charge on any atom is -0.490 e. The predicted molar refractivity (Wildman–Crippen MR) is 93.0 cm³/mol. The van der Waals surface area contributed by atoms with E-state index in [9.17, 15) is 10.1 Å². The van der Waals surface area contributed by atoms with Gasteiger partial charge in [0.15, 0.2) is 23.2 Å². The Morgan fingerprint density at radius 1 is 1.42 bits per heavy atom. The number of thioether (sulfide) groups is 1. The van der Waals surface area contributed by atoms with Crippen molar-refractivity contribution in [3.8, 4) is 17.6 Å². The molecule has 124 valence electrons. The Kier molecular flexibility index (Phi) is 5.38. The van der Waals surface area contributed by atoms with Crippen LogP contribution in [0.2, 0.25) is 0 Å². The number of aryl methyl sites for hydroxylation is 1. The van der Waals surface area contributed by atoms with Gasteiger partial charge in [-0.25, -0.2) is 4.98 Å². The molecule has 0 saturated carbocycles. The van der Waals surface area contributed by atoms with Gasteiger partial charge in [-0.1, -0.05) is 0 Å². The van der Waals surface area contributed by atoms with Crippen molar-refractivity contribution >= 4 is 28.9 Å². The third-order valence-electron chi connectivity index (χ3n) is 3.43. The van der Waals surface area contributed by atoms with Crippen molar-refractivity contribution in [1.82, 2.24) is 4.98 Å². The lowest BCUT2D eigenvalue weighted by molar-refractivity contribution is -0.116. The molecule has 1 aliphatic rings. The van der Waals surface area contributed by atoms with Gasteiger partial charge in [-0.05, 0) is 25.1 Å². The SMILES string of the molecule is Cc1csc([C@@H](C#N)C(=O)CSc2ccc3c(c2)OCCCO3)n1. The second kappa shape index (κ2) is 7.69.